The minimum Gasteiger partial charge on any atom is -0.347 e. The van der Waals surface area contributed by atoms with Crippen molar-refractivity contribution in [2.75, 3.05) is 13.2 Å². The van der Waals surface area contributed by atoms with Gasteiger partial charge in [-0.2, -0.15) is 0 Å². The van der Waals surface area contributed by atoms with Crippen molar-refractivity contribution in [1.82, 2.24) is 10.3 Å². The van der Waals surface area contributed by atoms with Gasteiger partial charge in [-0.1, -0.05) is 6.42 Å². The van der Waals surface area contributed by atoms with Gasteiger partial charge in [-0.15, -0.1) is 11.3 Å². The number of fused-ring (bicyclic) bond motifs is 1. The Morgan fingerprint density at radius 3 is 2.87 bits per heavy atom. The van der Waals surface area contributed by atoms with Gasteiger partial charge < -0.3 is 14.8 Å². The normalized spacial score (nSPS) is 28.0. The third-order valence-electron chi connectivity index (χ3n) is 5.41. The third-order valence-corrected chi connectivity index (χ3v) is 6.75. The van der Waals surface area contributed by atoms with E-state index >= 15 is 0 Å². The standard InChI is InChI=1S/C18H28N2O2S/c1-13(17-20-15-7-3-4-8-16(15)23-17)19-11-14-12-21-18(22-14)9-5-2-6-10-18/h13-14,19H,2-12H2,1H3/t13-,14+/m0/s1. The molecular formula is C18H28N2O2S. The molecule has 0 unspecified atom stereocenters. The molecule has 3 aliphatic rings. The molecule has 0 amide bonds. The predicted molar refractivity (Wildman–Crippen MR) is 91.8 cm³/mol. The average molecular weight is 337 g/mol. The Bertz CT molecular complexity index is 516. The van der Waals surface area contributed by atoms with E-state index in [0.717, 1.165) is 26.0 Å². The largest absolute Gasteiger partial charge is 0.347 e. The molecule has 1 saturated carbocycles. The molecule has 2 aliphatic carbocycles. The molecule has 1 aromatic rings. The Morgan fingerprint density at radius 2 is 2.04 bits per heavy atom. The van der Waals surface area contributed by atoms with Crippen LogP contribution < -0.4 is 5.32 Å². The zero-order valence-corrected chi connectivity index (χ0v) is 14.9. The molecule has 2 atom stereocenters. The van der Waals surface area contributed by atoms with Crippen LogP contribution in [0.25, 0.3) is 0 Å². The Labute approximate surface area is 143 Å². The SMILES string of the molecule is C[C@H](NC[C@@H]1COC2(CCCCC2)O1)c1nc2c(s1)CCCC2. The summed E-state index contributed by atoms with van der Waals surface area (Å²) >= 11 is 1.90. The topological polar surface area (TPSA) is 43.4 Å². The number of aryl methyl sites for hydroxylation is 2. The second kappa shape index (κ2) is 6.79. The zero-order valence-electron chi connectivity index (χ0n) is 14.1. The Morgan fingerprint density at radius 1 is 1.22 bits per heavy atom. The maximum absolute atomic E-state index is 6.26. The molecule has 1 saturated heterocycles. The van der Waals surface area contributed by atoms with Gasteiger partial charge in [0.15, 0.2) is 5.79 Å². The van der Waals surface area contributed by atoms with Crippen molar-refractivity contribution in [2.45, 2.75) is 82.6 Å². The van der Waals surface area contributed by atoms with Crippen LogP contribution in [0.3, 0.4) is 0 Å². The molecule has 128 valence electrons. The van der Waals surface area contributed by atoms with Crippen LogP contribution in [-0.2, 0) is 22.3 Å². The number of hydrogen-bond donors (Lipinski definition) is 1. The van der Waals surface area contributed by atoms with Crippen molar-refractivity contribution < 1.29 is 9.47 Å². The average Bonchev–Trinajstić information content (AvgIpc) is 3.18. The molecule has 1 N–H and O–H groups in total. The number of nitrogens with zero attached hydrogens (tertiary/aromatic N) is 1. The van der Waals surface area contributed by atoms with Gasteiger partial charge >= 0.3 is 0 Å². The van der Waals surface area contributed by atoms with Crippen LogP contribution >= 0.6 is 11.3 Å². The van der Waals surface area contributed by atoms with Crippen molar-refractivity contribution in [2.24, 2.45) is 0 Å². The van der Waals surface area contributed by atoms with E-state index < -0.39 is 0 Å². The highest BCUT2D eigenvalue weighted by Gasteiger charge is 2.42. The Balaban J connectivity index is 1.30. The number of aromatic nitrogens is 1. The molecule has 2 fully saturated rings. The highest BCUT2D eigenvalue weighted by atomic mass is 32.1. The van der Waals surface area contributed by atoms with Crippen molar-refractivity contribution in [1.29, 1.82) is 0 Å². The molecule has 5 heteroatoms. The molecule has 4 nitrogen and oxygen atoms in total. The van der Waals surface area contributed by atoms with Gasteiger partial charge in [-0.3, -0.25) is 0 Å². The lowest BCUT2D eigenvalue weighted by molar-refractivity contribution is -0.186. The van der Waals surface area contributed by atoms with E-state index in [1.54, 1.807) is 0 Å². The summed E-state index contributed by atoms with van der Waals surface area (Å²) in [5.74, 6) is -0.256. The van der Waals surface area contributed by atoms with Gasteiger partial charge in [0, 0.05) is 24.3 Å². The monoisotopic (exact) mass is 336 g/mol. The molecule has 2 heterocycles. The molecular weight excluding hydrogens is 308 g/mol. The maximum Gasteiger partial charge on any atom is 0.168 e. The summed E-state index contributed by atoms with van der Waals surface area (Å²) in [5, 5.41) is 4.85. The fourth-order valence-electron chi connectivity index (χ4n) is 4.02. The van der Waals surface area contributed by atoms with Crippen LogP contribution in [0, 0.1) is 0 Å². The van der Waals surface area contributed by atoms with Crippen molar-refractivity contribution in [3.8, 4) is 0 Å². The lowest BCUT2D eigenvalue weighted by Gasteiger charge is -2.31. The molecule has 23 heavy (non-hydrogen) atoms. The van der Waals surface area contributed by atoms with E-state index in [4.69, 9.17) is 14.5 Å². The molecule has 0 aromatic carbocycles. The summed E-state index contributed by atoms with van der Waals surface area (Å²) in [6, 6.07) is 0.303. The molecule has 0 radical (unpaired) electrons. The first-order valence-corrected chi connectivity index (χ1v) is 10.1. The van der Waals surface area contributed by atoms with Gasteiger partial charge in [0.1, 0.15) is 5.01 Å². The smallest absolute Gasteiger partial charge is 0.168 e. The predicted octanol–water partition coefficient (Wildman–Crippen LogP) is 3.75. The quantitative estimate of drug-likeness (QED) is 0.909. The van der Waals surface area contributed by atoms with Crippen molar-refractivity contribution in [3.05, 3.63) is 15.6 Å². The minimum absolute atomic E-state index is 0.185. The van der Waals surface area contributed by atoms with Crippen LogP contribution in [0.2, 0.25) is 0 Å². The Kier molecular flexibility index (Phi) is 4.72. The van der Waals surface area contributed by atoms with Gasteiger partial charge in [-0.25, -0.2) is 4.98 Å². The molecule has 1 aromatic heterocycles. The van der Waals surface area contributed by atoms with E-state index in [0.29, 0.717) is 6.04 Å². The minimum atomic E-state index is -0.256. The summed E-state index contributed by atoms with van der Waals surface area (Å²) < 4.78 is 12.3. The van der Waals surface area contributed by atoms with Gasteiger partial charge in [-0.05, 0) is 45.4 Å². The van der Waals surface area contributed by atoms with E-state index in [2.05, 4.69) is 12.2 Å². The van der Waals surface area contributed by atoms with Crippen molar-refractivity contribution in [3.63, 3.8) is 0 Å². The molecule has 1 aliphatic heterocycles. The van der Waals surface area contributed by atoms with Crippen LogP contribution in [0.5, 0.6) is 0 Å². The summed E-state index contributed by atoms with van der Waals surface area (Å²) in [5.41, 5.74) is 1.35. The Hall–Kier alpha value is -0.490. The summed E-state index contributed by atoms with van der Waals surface area (Å²) in [6.45, 7) is 3.80. The second-order valence-electron chi connectivity index (χ2n) is 7.28. The summed E-state index contributed by atoms with van der Waals surface area (Å²) in [6.07, 6.45) is 11.1. The van der Waals surface area contributed by atoms with Gasteiger partial charge in [0.2, 0.25) is 0 Å². The number of thiazole rings is 1. The number of hydrogen-bond acceptors (Lipinski definition) is 5. The molecule has 4 rings (SSSR count). The van der Waals surface area contributed by atoms with Gasteiger partial charge in [0.05, 0.1) is 24.4 Å². The first-order chi connectivity index (χ1) is 11.2. The highest BCUT2D eigenvalue weighted by Crippen LogP contribution is 2.37. The van der Waals surface area contributed by atoms with Crippen molar-refractivity contribution >= 4 is 11.3 Å². The first kappa shape index (κ1) is 16.0. The molecule has 0 bridgehead atoms. The second-order valence-corrected chi connectivity index (χ2v) is 8.40. The van der Waals surface area contributed by atoms with Crippen LogP contribution in [0.15, 0.2) is 0 Å². The first-order valence-electron chi connectivity index (χ1n) is 9.28. The fraction of sp³-hybridized carbons (Fsp3) is 0.833. The number of ether oxygens (including phenoxy) is 2. The third kappa shape index (κ3) is 3.48. The lowest BCUT2D eigenvalue weighted by Crippen LogP contribution is -2.36. The van der Waals surface area contributed by atoms with Crippen LogP contribution in [0.4, 0.5) is 0 Å². The highest BCUT2D eigenvalue weighted by molar-refractivity contribution is 7.11. The summed E-state index contributed by atoms with van der Waals surface area (Å²) in [7, 11) is 0. The van der Waals surface area contributed by atoms with E-state index in [-0.39, 0.29) is 11.9 Å². The lowest BCUT2D eigenvalue weighted by atomic mass is 9.94. The number of nitrogens with one attached hydrogen (secondary N) is 1. The van der Waals surface area contributed by atoms with E-state index in [1.165, 1.54) is 60.5 Å². The summed E-state index contributed by atoms with van der Waals surface area (Å²) in [4.78, 5) is 6.38. The number of rotatable bonds is 4. The van der Waals surface area contributed by atoms with Gasteiger partial charge in [0.25, 0.3) is 0 Å². The van der Waals surface area contributed by atoms with E-state index in [9.17, 15) is 0 Å². The zero-order chi connectivity index (χ0) is 15.7. The molecule has 1 spiro atoms. The fourth-order valence-corrected chi connectivity index (χ4v) is 5.20. The maximum atomic E-state index is 6.26. The van der Waals surface area contributed by atoms with E-state index in [1.807, 2.05) is 11.3 Å². The van der Waals surface area contributed by atoms with Crippen LogP contribution in [0.1, 0.15) is 73.5 Å². The van der Waals surface area contributed by atoms with Crippen LogP contribution in [-0.4, -0.2) is 30.0 Å².